The van der Waals surface area contributed by atoms with E-state index >= 15 is 0 Å². The van der Waals surface area contributed by atoms with Crippen LogP contribution < -0.4 is 10.6 Å². The first-order chi connectivity index (χ1) is 8.81. The van der Waals surface area contributed by atoms with E-state index in [2.05, 4.69) is 15.5 Å². The van der Waals surface area contributed by atoms with E-state index in [9.17, 15) is 4.79 Å². The van der Waals surface area contributed by atoms with Gasteiger partial charge in [0.05, 0.1) is 0 Å². The van der Waals surface area contributed by atoms with Gasteiger partial charge in [-0.05, 0) is 51.1 Å². The standard InChI is InChI=1S/C14H25N3O/c18-14(9-11-3-6-15-7-4-11)16-12-5-8-17(10-12)13-1-2-13/h11-13,15H,1-10H2,(H,16,18). The Hall–Kier alpha value is -0.610. The molecule has 2 aliphatic heterocycles. The highest BCUT2D eigenvalue weighted by molar-refractivity contribution is 5.76. The van der Waals surface area contributed by atoms with Crippen LogP contribution in [0.5, 0.6) is 0 Å². The minimum atomic E-state index is 0.282. The fourth-order valence-electron chi connectivity index (χ4n) is 3.31. The number of nitrogens with zero attached hydrogens (tertiary/aromatic N) is 1. The molecule has 2 N–H and O–H groups in total. The van der Waals surface area contributed by atoms with Crippen molar-refractivity contribution >= 4 is 5.91 Å². The Kier molecular flexibility index (Phi) is 3.85. The van der Waals surface area contributed by atoms with Crippen LogP contribution in [0.1, 0.15) is 38.5 Å². The molecule has 102 valence electrons. The molecule has 0 aromatic carbocycles. The largest absolute Gasteiger partial charge is 0.352 e. The molecule has 1 unspecified atom stereocenters. The summed E-state index contributed by atoms with van der Waals surface area (Å²) in [5.74, 6) is 0.886. The molecular formula is C14H25N3O. The van der Waals surface area contributed by atoms with Crippen molar-refractivity contribution in [3.05, 3.63) is 0 Å². The number of amides is 1. The first-order valence-electron chi connectivity index (χ1n) is 7.55. The van der Waals surface area contributed by atoms with E-state index in [1.807, 2.05) is 0 Å². The van der Waals surface area contributed by atoms with Gasteiger partial charge in [0.25, 0.3) is 0 Å². The van der Waals surface area contributed by atoms with E-state index in [0.717, 1.165) is 51.4 Å². The van der Waals surface area contributed by atoms with E-state index in [-0.39, 0.29) is 5.91 Å². The van der Waals surface area contributed by atoms with Crippen molar-refractivity contribution in [1.82, 2.24) is 15.5 Å². The summed E-state index contributed by atoms with van der Waals surface area (Å²) in [4.78, 5) is 14.6. The summed E-state index contributed by atoms with van der Waals surface area (Å²) in [5, 5.41) is 6.59. The van der Waals surface area contributed by atoms with Crippen molar-refractivity contribution in [3.63, 3.8) is 0 Å². The van der Waals surface area contributed by atoms with Crippen molar-refractivity contribution in [2.24, 2.45) is 5.92 Å². The van der Waals surface area contributed by atoms with Crippen molar-refractivity contribution < 1.29 is 4.79 Å². The van der Waals surface area contributed by atoms with Gasteiger partial charge >= 0.3 is 0 Å². The van der Waals surface area contributed by atoms with Crippen LogP contribution in [-0.4, -0.2) is 49.1 Å². The second-order valence-electron chi connectivity index (χ2n) is 6.18. The first-order valence-corrected chi connectivity index (χ1v) is 7.55. The van der Waals surface area contributed by atoms with Crippen LogP contribution >= 0.6 is 0 Å². The molecule has 4 heteroatoms. The number of rotatable bonds is 4. The molecule has 0 aromatic heterocycles. The second kappa shape index (κ2) is 5.57. The summed E-state index contributed by atoms with van der Waals surface area (Å²) in [5.41, 5.74) is 0. The maximum absolute atomic E-state index is 12.0. The van der Waals surface area contributed by atoms with Gasteiger partial charge in [0.2, 0.25) is 5.91 Å². The average Bonchev–Trinajstić information content (AvgIpc) is 3.12. The van der Waals surface area contributed by atoms with E-state index < -0.39 is 0 Å². The first kappa shape index (κ1) is 12.4. The van der Waals surface area contributed by atoms with Crippen LogP contribution in [0.15, 0.2) is 0 Å². The summed E-state index contributed by atoms with van der Waals surface area (Å²) in [7, 11) is 0. The molecule has 1 saturated carbocycles. The topological polar surface area (TPSA) is 44.4 Å². The number of hydrogen-bond donors (Lipinski definition) is 2. The van der Waals surface area contributed by atoms with Gasteiger partial charge in [0.15, 0.2) is 0 Å². The van der Waals surface area contributed by atoms with Crippen molar-refractivity contribution in [1.29, 1.82) is 0 Å². The van der Waals surface area contributed by atoms with Gasteiger partial charge < -0.3 is 10.6 Å². The second-order valence-corrected chi connectivity index (χ2v) is 6.18. The third-order valence-electron chi connectivity index (χ3n) is 4.58. The Balaban J connectivity index is 1.38. The molecule has 0 spiro atoms. The molecule has 18 heavy (non-hydrogen) atoms. The molecular weight excluding hydrogens is 226 g/mol. The minimum absolute atomic E-state index is 0.282. The Morgan fingerprint density at radius 3 is 2.67 bits per heavy atom. The van der Waals surface area contributed by atoms with Crippen LogP contribution in [0.3, 0.4) is 0 Å². The molecule has 3 rings (SSSR count). The van der Waals surface area contributed by atoms with Crippen molar-refractivity contribution in [2.45, 2.75) is 50.6 Å². The number of nitrogens with one attached hydrogen (secondary N) is 2. The molecule has 3 fully saturated rings. The molecule has 1 aliphatic carbocycles. The van der Waals surface area contributed by atoms with Gasteiger partial charge in [-0.2, -0.15) is 0 Å². The zero-order chi connectivity index (χ0) is 12.4. The van der Waals surface area contributed by atoms with Gasteiger partial charge in [-0.1, -0.05) is 0 Å². The monoisotopic (exact) mass is 251 g/mol. The lowest BCUT2D eigenvalue weighted by atomic mass is 9.94. The zero-order valence-electron chi connectivity index (χ0n) is 11.2. The number of carbonyl (C=O) groups excluding carboxylic acids is 1. The fraction of sp³-hybridized carbons (Fsp3) is 0.929. The Morgan fingerprint density at radius 2 is 1.94 bits per heavy atom. The quantitative estimate of drug-likeness (QED) is 0.774. The highest BCUT2D eigenvalue weighted by atomic mass is 16.1. The molecule has 1 amide bonds. The summed E-state index contributed by atoms with van der Waals surface area (Å²) in [6.07, 6.45) is 6.94. The van der Waals surface area contributed by atoms with E-state index in [1.165, 1.54) is 19.4 Å². The highest BCUT2D eigenvalue weighted by Crippen LogP contribution is 2.29. The summed E-state index contributed by atoms with van der Waals surface area (Å²) in [6.45, 7) is 4.43. The van der Waals surface area contributed by atoms with Gasteiger partial charge in [0, 0.05) is 31.6 Å². The number of piperidine rings is 1. The highest BCUT2D eigenvalue weighted by Gasteiger charge is 2.34. The van der Waals surface area contributed by atoms with Crippen molar-refractivity contribution in [3.8, 4) is 0 Å². The predicted octanol–water partition coefficient (Wildman–Crippen LogP) is 0.729. The third kappa shape index (κ3) is 3.23. The van der Waals surface area contributed by atoms with E-state index in [4.69, 9.17) is 0 Å². The third-order valence-corrected chi connectivity index (χ3v) is 4.58. The number of hydrogen-bond acceptors (Lipinski definition) is 3. The lowest BCUT2D eigenvalue weighted by molar-refractivity contribution is -0.122. The van der Waals surface area contributed by atoms with Gasteiger partial charge in [-0.15, -0.1) is 0 Å². The average molecular weight is 251 g/mol. The van der Waals surface area contributed by atoms with Gasteiger partial charge in [-0.3, -0.25) is 9.69 Å². The summed E-state index contributed by atoms with van der Waals surface area (Å²) in [6, 6.07) is 1.26. The molecule has 0 radical (unpaired) electrons. The van der Waals surface area contributed by atoms with E-state index in [1.54, 1.807) is 0 Å². The van der Waals surface area contributed by atoms with Crippen LogP contribution in [-0.2, 0) is 4.79 Å². The Morgan fingerprint density at radius 1 is 1.17 bits per heavy atom. The zero-order valence-corrected chi connectivity index (χ0v) is 11.2. The molecule has 3 aliphatic rings. The van der Waals surface area contributed by atoms with Gasteiger partial charge in [-0.25, -0.2) is 0 Å². The fourth-order valence-corrected chi connectivity index (χ4v) is 3.31. The smallest absolute Gasteiger partial charge is 0.220 e. The Labute approximate surface area is 109 Å². The van der Waals surface area contributed by atoms with Crippen molar-refractivity contribution in [2.75, 3.05) is 26.2 Å². The predicted molar refractivity (Wildman–Crippen MR) is 71.4 cm³/mol. The molecule has 1 atom stereocenters. The number of likely N-dealkylation sites (tertiary alicyclic amines) is 1. The lowest BCUT2D eigenvalue weighted by Gasteiger charge is -2.23. The van der Waals surface area contributed by atoms with Crippen LogP contribution in [0.2, 0.25) is 0 Å². The summed E-state index contributed by atoms with van der Waals surface area (Å²) < 4.78 is 0. The number of carbonyl (C=O) groups is 1. The maximum Gasteiger partial charge on any atom is 0.220 e. The molecule has 0 bridgehead atoms. The van der Waals surface area contributed by atoms with E-state index in [0.29, 0.717) is 12.0 Å². The van der Waals surface area contributed by atoms with Crippen LogP contribution in [0.4, 0.5) is 0 Å². The maximum atomic E-state index is 12.0. The molecule has 2 heterocycles. The Bertz CT molecular complexity index is 297. The van der Waals surface area contributed by atoms with Crippen LogP contribution in [0, 0.1) is 5.92 Å². The molecule has 4 nitrogen and oxygen atoms in total. The molecule has 0 aromatic rings. The van der Waals surface area contributed by atoms with Gasteiger partial charge in [0.1, 0.15) is 0 Å². The lowest BCUT2D eigenvalue weighted by Crippen LogP contribution is -2.39. The molecule has 2 saturated heterocycles. The SMILES string of the molecule is O=C(CC1CCNCC1)NC1CCN(C2CC2)C1. The normalized spacial score (nSPS) is 30.6. The minimum Gasteiger partial charge on any atom is -0.352 e. The van der Waals surface area contributed by atoms with Crippen LogP contribution in [0.25, 0.3) is 0 Å². The summed E-state index contributed by atoms with van der Waals surface area (Å²) >= 11 is 0.